The number of ketones is 1. The molecule has 1 aliphatic heterocycles. The molecule has 1 amide bonds. The molecular weight excluding hydrogens is 392 g/mol. The number of nitrogens with zero attached hydrogens (tertiary/aromatic N) is 2. The first-order chi connectivity index (χ1) is 13.9. The number of aryl methyl sites for hydroxylation is 2. The normalized spacial score (nSPS) is 18.4. The number of anilines is 1. The number of hydrogen-bond acceptors (Lipinski definition) is 5. The van der Waals surface area contributed by atoms with Gasteiger partial charge in [0.15, 0.2) is 5.82 Å². The van der Waals surface area contributed by atoms with Crippen LogP contribution in [0.5, 0.6) is 0 Å². The van der Waals surface area contributed by atoms with E-state index in [0.717, 1.165) is 5.56 Å². The van der Waals surface area contributed by atoms with Gasteiger partial charge in [0.1, 0.15) is 11.5 Å². The highest BCUT2D eigenvalue weighted by Crippen LogP contribution is 2.41. The van der Waals surface area contributed by atoms with E-state index >= 15 is 0 Å². The fourth-order valence-corrected chi connectivity index (χ4v) is 3.49. The Morgan fingerprint density at radius 1 is 1.07 bits per heavy atom. The highest BCUT2D eigenvalue weighted by Gasteiger charge is 2.48. The van der Waals surface area contributed by atoms with Crippen molar-refractivity contribution in [2.75, 3.05) is 4.90 Å². The quantitative estimate of drug-likeness (QED) is 0.390. The van der Waals surface area contributed by atoms with Crippen molar-refractivity contribution in [3.63, 3.8) is 0 Å². The zero-order valence-electron chi connectivity index (χ0n) is 15.7. The minimum atomic E-state index is -0.837. The predicted molar refractivity (Wildman–Crippen MR) is 109 cm³/mol. The van der Waals surface area contributed by atoms with Crippen LogP contribution in [0.15, 0.2) is 64.7 Å². The van der Waals surface area contributed by atoms with E-state index in [9.17, 15) is 14.7 Å². The number of aliphatic hydroxyl groups excluding tert-OH is 1. The van der Waals surface area contributed by atoms with Gasteiger partial charge in [-0.15, -0.1) is 0 Å². The maximum absolute atomic E-state index is 12.9. The van der Waals surface area contributed by atoms with Gasteiger partial charge in [0.05, 0.1) is 11.6 Å². The van der Waals surface area contributed by atoms with Crippen LogP contribution >= 0.6 is 11.6 Å². The highest BCUT2D eigenvalue weighted by molar-refractivity contribution is 6.51. The molecule has 1 aromatic heterocycles. The van der Waals surface area contributed by atoms with Crippen molar-refractivity contribution in [2.45, 2.75) is 19.9 Å². The molecule has 0 saturated carbocycles. The lowest BCUT2D eigenvalue weighted by Crippen LogP contribution is -2.29. The number of hydrogen-bond donors (Lipinski definition) is 1. The molecule has 3 aromatic rings. The lowest BCUT2D eigenvalue weighted by molar-refractivity contribution is -0.132. The number of aliphatic hydroxyl groups is 1. The smallest absolute Gasteiger partial charge is 0.301 e. The minimum Gasteiger partial charge on any atom is -0.507 e. The first-order valence-corrected chi connectivity index (χ1v) is 9.31. The van der Waals surface area contributed by atoms with Gasteiger partial charge in [-0.3, -0.25) is 14.5 Å². The molecule has 2 heterocycles. The third kappa shape index (κ3) is 3.32. The van der Waals surface area contributed by atoms with Crippen LogP contribution in [0.25, 0.3) is 5.76 Å². The standard InChI is InChI=1S/C22H17ClN2O4/c1-12-3-5-14(6-4-12)19-18(20(26)15-7-9-16(23)10-8-15)21(27)22(28)25(19)17-11-13(2)29-24-17/h3-11,19,26H,1-2H3/t19-/m0/s1. The molecule has 29 heavy (non-hydrogen) atoms. The third-order valence-electron chi connectivity index (χ3n) is 4.82. The van der Waals surface area contributed by atoms with Crippen LogP contribution in [-0.4, -0.2) is 22.0 Å². The van der Waals surface area contributed by atoms with Crippen molar-refractivity contribution >= 4 is 34.9 Å². The van der Waals surface area contributed by atoms with Crippen molar-refractivity contribution in [3.05, 3.63) is 87.6 Å². The monoisotopic (exact) mass is 408 g/mol. The Labute approximate surface area is 172 Å². The van der Waals surface area contributed by atoms with E-state index in [0.29, 0.717) is 21.9 Å². The first-order valence-electron chi connectivity index (χ1n) is 8.93. The predicted octanol–water partition coefficient (Wildman–Crippen LogP) is 4.57. The Morgan fingerprint density at radius 2 is 1.72 bits per heavy atom. The number of aromatic nitrogens is 1. The lowest BCUT2D eigenvalue weighted by Gasteiger charge is -2.23. The van der Waals surface area contributed by atoms with Gasteiger partial charge in [-0.2, -0.15) is 0 Å². The lowest BCUT2D eigenvalue weighted by atomic mass is 9.95. The molecule has 1 aliphatic rings. The molecule has 1 saturated heterocycles. The van der Waals surface area contributed by atoms with Crippen LogP contribution in [0.1, 0.15) is 28.5 Å². The van der Waals surface area contributed by atoms with Crippen LogP contribution in [0.4, 0.5) is 5.82 Å². The van der Waals surface area contributed by atoms with Crippen molar-refractivity contribution in [3.8, 4) is 0 Å². The van der Waals surface area contributed by atoms with Crippen molar-refractivity contribution in [2.24, 2.45) is 0 Å². The summed E-state index contributed by atoms with van der Waals surface area (Å²) in [4.78, 5) is 27.1. The van der Waals surface area contributed by atoms with E-state index in [1.165, 1.54) is 4.90 Å². The van der Waals surface area contributed by atoms with E-state index in [-0.39, 0.29) is 17.2 Å². The molecule has 1 fully saturated rings. The summed E-state index contributed by atoms with van der Waals surface area (Å²) in [6.07, 6.45) is 0. The molecule has 4 rings (SSSR count). The Morgan fingerprint density at radius 3 is 2.31 bits per heavy atom. The first kappa shape index (κ1) is 19.0. The summed E-state index contributed by atoms with van der Waals surface area (Å²) in [6.45, 7) is 3.64. The molecular formula is C22H17ClN2O4. The van der Waals surface area contributed by atoms with E-state index in [1.54, 1.807) is 37.3 Å². The molecule has 0 unspecified atom stereocenters. The van der Waals surface area contributed by atoms with Crippen molar-refractivity contribution < 1.29 is 19.2 Å². The molecule has 0 bridgehead atoms. The molecule has 0 aliphatic carbocycles. The second kappa shape index (κ2) is 7.22. The number of amides is 1. The minimum absolute atomic E-state index is 0.0122. The molecule has 0 spiro atoms. The Kier molecular flexibility index (Phi) is 4.72. The van der Waals surface area contributed by atoms with E-state index in [2.05, 4.69) is 5.16 Å². The molecule has 1 atom stereocenters. The Balaban J connectivity index is 1.93. The van der Waals surface area contributed by atoms with Crippen LogP contribution < -0.4 is 4.90 Å². The fraction of sp³-hybridized carbons (Fsp3) is 0.136. The maximum atomic E-state index is 12.9. The van der Waals surface area contributed by atoms with E-state index in [4.69, 9.17) is 16.1 Å². The average molecular weight is 409 g/mol. The van der Waals surface area contributed by atoms with Gasteiger partial charge in [-0.05, 0) is 43.7 Å². The van der Waals surface area contributed by atoms with Gasteiger partial charge in [-0.25, -0.2) is 0 Å². The number of halogens is 1. The molecule has 146 valence electrons. The maximum Gasteiger partial charge on any atom is 0.301 e. The summed E-state index contributed by atoms with van der Waals surface area (Å²) in [5.41, 5.74) is 2.08. The molecule has 1 N–H and O–H groups in total. The molecule has 6 nitrogen and oxygen atoms in total. The summed E-state index contributed by atoms with van der Waals surface area (Å²) in [5.74, 6) is -1.12. The highest BCUT2D eigenvalue weighted by atomic mass is 35.5. The van der Waals surface area contributed by atoms with Crippen LogP contribution in [0.2, 0.25) is 5.02 Å². The summed E-state index contributed by atoms with van der Waals surface area (Å²) in [5, 5.41) is 15.4. The zero-order chi connectivity index (χ0) is 20.7. The summed E-state index contributed by atoms with van der Waals surface area (Å²) in [7, 11) is 0. The largest absolute Gasteiger partial charge is 0.507 e. The van der Waals surface area contributed by atoms with Crippen molar-refractivity contribution in [1.82, 2.24) is 5.16 Å². The third-order valence-corrected chi connectivity index (χ3v) is 5.07. The number of Topliss-reactive ketones (excluding diaryl/α,β-unsaturated/α-hetero) is 1. The Hall–Kier alpha value is -3.38. The Bertz CT molecular complexity index is 1130. The average Bonchev–Trinajstić information content (AvgIpc) is 3.24. The number of rotatable bonds is 3. The second-order valence-electron chi connectivity index (χ2n) is 6.88. The van der Waals surface area contributed by atoms with Gasteiger partial charge in [0.25, 0.3) is 5.78 Å². The summed E-state index contributed by atoms with van der Waals surface area (Å²) in [6, 6.07) is 14.5. The number of benzene rings is 2. The summed E-state index contributed by atoms with van der Waals surface area (Å²) >= 11 is 5.93. The van der Waals surface area contributed by atoms with Gasteiger partial charge in [0, 0.05) is 16.7 Å². The van der Waals surface area contributed by atoms with E-state index in [1.807, 2.05) is 31.2 Å². The molecule has 2 aromatic carbocycles. The van der Waals surface area contributed by atoms with Gasteiger partial charge >= 0.3 is 5.91 Å². The second-order valence-corrected chi connectivity index (χ2v) is 7.32. The number of carbonyl (C=O) groups excluding carboxylic acids is 2. The number of carbonyl (C=O) groups is 2. The summed E-state index contributed by atoms with van der Waals surface area (Å²) < 4.78 is 5.11. The van der Waals surface area contributed by atoms with Gasteiger partial charge in [-0.1, -0.05) is 46.6 Å². The van der Waals surface area contributed by atoms with Crippen LogP contribution in [0, 0.1) is 13.8 Å². The topological polar surface area (TPSA) is 83.6 Å². The molecule has 0 radical (unpaired) electrons. The van der Waals surface area contributed by atoms with E-state index < -0.39 is 17.7 Å². The SMILES string of the molecule is Cc1ccc([C@H]2C(=C(O)c3ccc(Cl)cc3)C(=O)C(=O)N2c2cc(C)on2)cc1. The van der Waals surface area contributed by atoms with Crippen LogP contribution in [0.3, 0.4) is 0 Å². The zero-order valence-corrected chi connectivity index (χ0v) is 16.5. The van der Waals surface area contributed by atoms with Gasteiger partial charge < -0.3 is 9.63 Å². The molecule has 7 heteroatoms. The van der Waals surface area contributed by atoms with Gasteiger partial charge in [0.2, 0.25) is 0 Å². The fourth-order valence-electron chi connectivity index (χ4n) is 3.36. The van der Waals surface area contributed by atoms with Crippen molar-refractivity contribution in [1.29, 1.82) is 0 Å². The van der Waals surface area contributed by atoms with Crippen LogP contribution in [-0.2, 0) is 9.59 Å².